The molecule has 0 radical (unpaired) electrons. The van der Waals surface area contributed by atoms with Crippen LogP contribution in [0.2, 0.25) is 5.02 Å². The molecular weight excluding hydrogens is 459 g/mol. The van der Waals surface area contributed by atoms with Gasteiger partial charge in [-0.25, -0.2) is 4.79 Å². The van der Waals surface area contributed by atoms with Crippen molar-refractivity contribution in [2.75, 3.05) is 18.5 Å². The average Bonchev–Trinajstić information content (AvgIpc) is 2.51. The van der Waals surface area contributed by atoms with Crippen LogP contribution in [0.4, 0.5) is 10.5 Å². The molecule has 2 aromatic carbocycles. The summed E-state index contributed by atoms with van der Waals surface area (Å²) >= 11 is 12.8. The van der Waals surface area contributed by atoms with Crippen molar-refractivity contribution in [2.45, 2.75) is 13.3 Å². The van der Waals surface area contributed by atoms with E-state index >= 15 is 0 Å². The Morgan fingerprint density at radius 2 is 2.00 bits per heavy atom. The molecule has 0 unspecified atom stereocenters. The van der Waals surface area contributed by atoms with E-state index in [4.69, 9.17) is 16.3 Å². The van der Waals surface area contributed by atoms with Crippen molar-refractivity contribution in [1.82, 2.24) is 5.32 Å². The molecule has 0 saturated heterocycles. The van der Waals surface area contributed by atoms with Crippen LogP contribution in [0.5, 0.6) is 5.75 Å². The van der Waals surface area contributed by atoms with E-state index in [1.807, 2.05) is 37.3 Å². The molecule has 0 heterocycles. The largest absolute Gasteiger partial charge is 0.492 e. The number of carbonyl (C=O) groups excluding carboxylic acids is 1. The number of urea groups is 1. The van der Waals surface area contributed by atoms with Gasteiger partial charge in [0.05, 0.1) is 17.3 Å². The quantitative estimate of drug-likeness (QED) is 0.521. The van der Waals surface area contributed by atoms with Crippen LogP contribution in [0.15, 0.2) is 45.3 Å². The van der Waals surface area contributed by atoms with Crippen LogP contribution in [0.3, 0.4) is 0 Å². The summed E-state index contributed by atoms with van der Waals surface area (Å²) < 4.78 is 7.35. The molecule has 0 aromatic heterocycles. The van der Waals surface area contributed by atoms with Crippen molar-refractivity contribution in [1.29, 1.82) is 0 Å². The summed E-state index contributed by atoms with van der Waals surface area (Å²) in [5.74, 6) is 0.632. The van der Waals surface area contributed by atoms with Gasteiger partial charge in [0.25, 0.3) is 0 Å². The summed E-state index contributed by atoms with van der Waals surface area (Å²) in [6.45, 7) is 2.96. The number of benzene rings is 2. The van der Waals surface area contributed by atoms with Gasteiger partial charge in [0.15, 0.2) is 0 Å². The first-order valence-corrected chi connectivity index (χ1v) is 9.31. The number of amides is 2. The van der Waals surface area contributed by atoms with Gasteiger partial charge in [0, 0.05) is 15.5 Å². The highest BCUT2D eigenvalue weighted by Gasteiger charge is 2.05. The Labute approximate surface area is 163 Å². The van der Waals surface area contributed by atoms with Crippen LogP contribution >= 0.6 is 43.5 Å². The minimum atomic E-state index is -0.249. The molecule has 4 nitrogen and oxygen atoms in total. The van der Waals surface area contributed by atoms with Crippen LogP contribution in [0.25, 0.3) is 0 Å². The number of nitrogens with one attached hydrogen (secondary N) is 2. The minimum Gasteiger partial charge on any atom is -0.492 e. The smallest absolute Gasteiger partial charge is 0.319 e. The van der Waals surface area contributed by atoms with E-state index in [1.54, 1.807) is 6.07 Å². The molecule has 2 amide bonds. The highest BCUT2D eigenvalue weighted by Crippen LogP contribution is 2.27. The second-order valence-electron chi connectivity index (χ2n) is 5.14. The Morgan fingerprint density at radius 3 is 2.71 bits per heavy atom. The standard InChI is InChI=1S/C17H17Br2ClN2O2/c1-11-3-5-15(13(19)9-11)22-17(23)21-7-2-8-24-16-6-4-12(18)10-14(16)20/h3-6,9-10H,2,7-8H2,1H3,(H2,21,22,23). The van der Waals surface area contributed by atoms with E-state index in [2.05, 4.69) is 42.5 Å². The van der Waals surface area contributed by atoms with Crippen molar-refractivity contribution in [2.24, 2.45) is 0 Å². The number of rotatable bonds is 6. The Kier molecular flexibility index (Phi) is 7.40. The lowest BCUT2D eigenvalue weighted by Crippen LogP contribution is -2.30. The van der Waals surface area contributed by atoms with Crippen molar-refractivity contribution in [3.05, 3.63) is 55.9 Å². The zero-order valence-electron chi connectivity index (χ0n) is 13.0. The SMILES string of the molecule is Cc1ccc(NC(=O)NCCCOc2ccc(Br)cc2Cl)c(Br)c1. The monoisotopic (exact) mass is 474 g/mol. The number of carbonyl (C=O) groups is 1. The molecule has 24 heavy (non-hydrogen) atoms. The third-order valence-corrected chi connectivity index (χ3v) is 4.58. The van der Waals surface area contributed by atoms with Gasteiger partial charge in [-0.1, -0.05) is 33.6 Å². The van der Waals surface area contributed by atoms with Gasteiger partial charge in [0.1, 0.15) is 5.75 Å². The molecule has 0 aliphatic rings. The first-order chi connectivity index (χ1) is 11.5. The third-order valence-electron chi connectivity index (χ3n) is 3.13. The van der Waals surface area contributed by atoms with Gasteiger partial charge in [-0.3, -0.25) is 0 Å². The lowest BCUT2D eigenvalue weighted by atomic mass is 10.2. The van der Waals surface area contributed by atoms with Crippen LogP contribution in [-0.4, -0.2) is 19.2 Å². The topological polar surface area (TPSA) is 50.4 Å². The first kappa shape index (κ1) is 19.1. The van der Waals surface area contributed by atoms with E-state index in [0.29, 0.717) is 30.3 Å². The summed E-state index contributed by atoms with van der Waals surface area (Å²) in [6.07, 6.45) is 0.675. The average molecular weight is 477 g/mol. The number of aryl methyl sites for hydroxylation is 1. The van der Waals surface area contributed by atoms with Crippen molar-refractivity contribution >= 4 is 55.2 Å². The molecule has 0 atom stereocenters. The maximum absolute atomic E-state index is 11.9. The zero-order valence-corrected chi connectivity index (χ0v) is 17.0. The van der Waals surface area contributed by atoms with Crippen molar-refractivity contribution < 1.29 is 9.53 Å². The van der Waals surface area contributed by atoms with E-state index < -0.39 is 0 Å². The normalized spacial score (nSPS) is 10.3. The summed E-state index contributed by atoms with van der Waals surface area (Å²) in [7, 11) is 0. The molecule has 2 N–H and O–H groups in total. The van der Waals surface area contributed by atoms with E-state index in [9.17, 15) is 4.79 Å². The van der Waals surface area contributed by atoms with Crippen molar-refractivity contribution in [3.63, 3.8) is 0 Å². The predicted octanol–water partition coefficient (Wildman–Crippen LogP) is 5.76. The van der Waals surface area contributed by atoms with Crippen LogP contribution in [-0.2, 0) is 0 Å². The van der Waals surface area contributed by atoms with Crippen LogP contribution in [0.1, 0.15) is 12.0 Å². The van der Waals surface area contributed by atoms with Gasteiger partial charge >= 0.3 is 6.03 Å². The number of hydrogen-bond acceptors (Lipinski definition) is 2. The summed E-state index contributed by atoms with van der Waals surface area (Å²) in [4.78, 5) is 11.9. The second-order valence-corrected chi connectivity index (χ2v) is 7.32. The zero-order chi connectivity index (χ0) is 17.5. The third kappa shape index (κ3) is 6.00. The fourth-order valence-electron chi connectivity index (χ4n) is 1.94. The highest BCUT2D eigenvalue weighted by molar-refractivity contribution is 9.10. The maximum atomic E-state index is 11.9. The molecule has 0 saturated carbocycles. The molecule has 2 aromatic rings. The van der Waals surface area contributed by atoms with E-state index in [-0.39, 0.29) is 6.03 Å². The molecule has 0 spiro atoms. The van der Waals surface area contributed by atoms with Gasteiger partial charge in [-0.2, -0.15) is 0 Å². The number of halogens is 3. The Balaban J connectivity index is 1.69. The van der Waals surface area contributed by atoms with Gasteiger partial charge in [-0.05, 0) is 65.2 Å². The molecule has 0 fully saturated rings. The number of ether oxygens (including phenoxy) is 1. The molecule has 128 valence electrons. The Morgan fingerprint density at radius 1 is 1.21 bits per heavy atom. The Bertz CT molecular complexity index is 726. The van der Waals surface area contributed by atoms with Gasteiger partial charge in [0.2, 0.25) is 0 Å². The first-order valence-electron chi connectivity index (χ1n) is 7.34. The molecule has 0 aliphatic heterocycles. The molecule has 2 rings (SSSR count). The maximum Gasteiger partial charge on any atom is 0.319 e. The number of hydrogen-bond donors (Lipinski definition) is 2. The molecular formula is C17H17Br2ClN2O2. The van der Waals surface area contributed by atoms with E-state index in [1.165, 1.54) is 0 Å². The van der Waals surface area contributed by atoms with Gasteiger partial charge < -0.3 is 15.4 Å². The summed E-state index contributed by atoms with van der Waals surface area (Å²) in [6, 6.07) is 11.0. The second kappa shape index (κ2) is 9.30. The summed E-state index contributed by atoms with van der Waals surface area (Å²) in [5.41, 5.74) is 1.85. The van der Waals surface area contributed by atoms with Crippen LogP contribution in [0, 0.1) is 6.92 Å². The summed E-state index contributed by atoms with van der Waals surface area (Å²) in [5, 5.41) is 6.14. The van der Waals surface area contributed by atoms with E-state index in [0.717, 1.165) is 20.2 Å². The van der Waals surface area contributed by atoms with Crippen LogP contribution < -0.4 is 15.4 Å². The Hall–Kier alpha value is -1.24. The lowest BCUT2D eigenvalue weighted by Gasteiger charge is -2.11. The molecule has 0 aliphatic carbocycles. The minimum absolute atomic E-state index is 0.249. The molecule has 7 heteroatoms. The molecule has 0 bridgehead atoms. The van der Waals surface area contributed by atoms with Gasteiger partial charge in [-0.15, -0.1) is 0 Å². The number of anilines is 1. The lowest BCUT2D eigenvalue weighted by molar-refractivity contribution is 0.250. The predicted molar refractivity (Wildman–Crippen MR) is 105 cm³/mol. The fourth-order valence-corrected chi connectivity index (χ4v) is 3.26. The fraction of sp³-hybridized carbons (Fsp3) is 0.235. The van der Waals surface area contributed by atoms with Crippen molar-refractivity contribution in [3.8, 4) is 5.75 Å². The highest BCUT2D eigenvalue weighted by atomic mass is 79.9.